The molecule has 4 rings (SSSR count). The molecule has 2 amide bonds. The Kier molecular flexibility index (Phi) is 12.6. The molecule has 9 heteroatoms. The summed E-state index contributed by atoms with van der Waals surface area (Å²) in [5.41, 5.74) is 8.77. The number of nitrogens with zero attached hydrogens (tertiary/aromatic N) is 2. The monoisotopic (exact) mass is 644 g/mol. The van der Waals surface area contributed by atoms with Crippen LogP contribution in [0.4, 0.5) is 8.78 Å². The molecule has 4 N–H and O–H groups in total. The molecule has 1 aliphatic carbocycles. The van der Waals surface area contributed by atoms with E-state index in [0.29, 0.717) is 36.3 Å². The molecular formula is C38H46F2N4O3. The van der Waals surface area contributed by atoms with Crippen LogP contribution in [-0.4, -0.2) is 52.5 Å². The smallest absolute Gasteiger partial charge is 0.249 e. The van der Waals surface area contributed by atoms with E-state index in [9.17, 15) is 23.5 Å². The lowest BCUT2D eigenvalue weighted by Gasteiger charge is -2.42. The molecule has 47 heavy (non-hydrogen) atoms. The maximum Gasteiger partial charge on any atom is 0.249 e. The maximum absolute atomic E-state index is 14.4. The molecule has 1 unspecified atom stereocenters. The summed E-state index contributed by atoms with van der Waals surface area (Å²) in [6, 6.07) is 14.9. The van der Waals surface area contributed by atoms with Crippen LogP contribution in [0.25, 0.3) is 5.57 Å². The number of primary amides is 1. The summed E-state index contributed by atoms with van der Waals surface area (Å²) in [4.78, 5) is 33.9. The Bertz CT molecular complexity index is 1570. The van der Waals surface area contributed by atoms with Gasteiger partial charge in [0.1, 0.15) is 11.6 Å². The number of halogens is 2. The molecule has 1 aromatic heterocycles. The Balaban J connectivity index is 1.80. The summed E-state index contributed by atoms with van der Waals surface area (Å²) in [6.45, 7) is 7.67. The first kappa shape index (κ1) is 35.6. The third-order valence-corrected chi connectivity index (χ3v) is 8.81. The van der Waals surface area contributed by atoms with E-state index in [-0.39, 0.29) is 30.9 Å². The minimum absolute atomic E-state index is 0.0642. The minimum Gasteiger partial charge on any atom is -0.391 e. The highest BCUT2D eigenvalue weighted by Crippen LogP contribution is 2.46. The molecule has 3 aromatic rings. The standard InChI is InChI=1S/C38H46F2N4O3/c1-4-13-44(14-5-2)36(46)31-19-30(29-11-8-12-42-24-29)21-38(22-31,37(41)47)34(18-28-16-32(39)20-33(40)17-28)35(45)25-43-23-27-10-7-9-26(6-3)15-27/h7-12,15-17,19-21,24,34-35,43,45H,4-6,13-14,18,22-23,25H2,1-3H3,(H2,41,47)/t34-,35+,38?/m1/s1. The molecule has 0 radical (unpaired) electrons. The minimum atomic E-state index is -1.58. The molecule has 0 saturated heterocycles. The summed E-state index contributed by atoms with van der Waals surface area (Å²) >= 11 is 0. The average Bonchev–Trinajstić information content (AvgIpc) is 3.06. The number of hydrogen-bond acceptors (Lipinski definition) is 5. The van der Waals surface area contributed by atoms with Crippen LogP contribution in [0.5, 0.6) is 0 Å². The zero-order chi connectivity index (χ0) is 34.0. The number of carbonyl (C=O) groups is 2. The van der Waals surface area contributed by atoms with Gasteiger partial charge in [-0.05, 0) is 84.2 Å². The second-order valence-electron chi connectivity index (χ2n) is 12.3. The molecule has 0 bridgehead atoms. The van der Waals surface area contributed by atoms with E-state index in [1.165, 1.54) is 17.7 Å². The normalized spacial score (nSPS) is 17.4. The van der Waals surface area contributed by atoms with Crippen LogP contribution < -0.4 is 11.1 Å². The number of aryl methyl sites for hydroxylation is 1. The number of nitrogens with one attached hydrogen (secondary N) is 1. The predicted octanol–water partition coefficient (Wildman–Crippen LogP) is 5.77. The maximum atomic E-state index is 14.4. The number of hydrogen-bond donors (Lipinski definition) is 3. The molecule has 1 aliphatic rings. The molecule has 250 valence electrons. The van der Waals surface area contributed by atoms with Crippen molar-refractivity contribution in [2.75, 3.05) is 19.6 Å². The number of allylic oxidation sites excluding steroid dienone is 2. The summed E-state index contributed by atoms with van der Waals surface area (Å²) in [5.74, 6) is -3.45. The third kappa shape index (κ3) is 8.99. The molecular weight excluding hydrogens is 598 g/mol. The lowest BCUT2D eigenvalue weighted by atomic mass is 9.63. The van der Waals surface area contributed by atoms with Gasteiger partial charge in [0, 0.05) is 56.1 Å². The van der Waals surface area contributed by atoms with Crippen molar-refractivity contribution in [3.8, 4) is 0 Å². The van der Waals surface area contributed by atoms with Crippen LogP contribution >= 0.6 is 0 Å². The number of aliphatic hydroxyl groups excluding tert-OH is 1. The average molecular weight is 645 g/mol. The number of aromatic nitrogens is 1. The first-order valence-corrected chi connectivity index (χ1v) is 16.4. The van der Waals surface area contributed by atoms with Gasteiger partial charge in [0.15, 0.2) is 0 Å². The highest BCUT2D eigenvalue weighted by molar-refractivity contribution is 6.00. The molecule has 1 heterocycles. The SMILES string of the molecule is CCCN(CCC)C(=O)C1=CC(c2cccnc2)=CC(C(N)=O)([C@H](Cc2cc(F)cc(F)c2)[C@@H](O)CNCc2cccc(CC)c2)C1. The largest absolute Gasteiger partial charge is 0.391 e. The van der Waals surface area contributed by atoms with Crippen molar-refractivity contribution >= 4 is 17.4 Å². The molecule has 0 fully saturated rings. The highest BCUT2D eigenvalue weighted by Gasteiger charge is 2.49. The fourth-order valence-electron chi connectivity index (χ4n) is 6.51. The lowest BCUT2D eigenvalue weighted by molar-refractivity contribution is -0.132. The van der Waals surface area contributed by atoms with Crippen LogP contribution in [-0.2, 0) is 29.0 Å². The number of aliphatic hydroxyl groups is 1. The van der Waals surface area contributed by atoms with Gasteiger partial charge >= 0.3 is 0 Å². The lowest BCUT2D eigenvalue weighted by Crippen LogP contribution is -2.51. The third-order valence-electron chi connectivity index (χ3n) is 8.81. The zero-order valence-electron chi connectivity index (χ0n) is 27.5. The second kappa shape index (κ2) is 16.6. The number of rotatable bonds is 16. The number of amides is 2. The van der Waals surface area contributed by atoms with E-state index in [2.05, 4.69) is 23.3 Å². The van der Waals surface area contributed by atoms with Crippen LogP contribution in [0.1, 0.15) is 62.3 Å². The van der Waals surface area contributed by atoms with E-state index in [4.69, 9.17) is 5.73 Å². The van der Waals surface area contributed by atoms with Gasteiger partial charge in [0.25, 0.3) is 0 Å². The van der Waals surface area contributed by atoms with Crippen LogP contribution in [0.3, 0.4) is 0 Å². The van der Waals surface area contributed by atoms with E-state index in [0.717, 1.165) is 30.9 Å². The topological polar surface area (TPSA) is 109 Å². The number of nitrogens with two attached hydrogens (primary N) is 1. The van der Waals surface area contributed by atoms with Gasteiger partial charge in [-0.3, -0.25) is 14.6 Å². The Labute approximate surface area is 276 Å². The Morgan fingerprint density at radius 2 is 1.70 bits per heavy atom. The molecule has 0 aliphatic heterocycles. The Hall–Kier alpha value is -4.21. The second-order valence-corrected chi connectivity index (χ2v) is 12.3. The fraction of sp³-hybridized carbons (Fsp3) is 0.395. The molecule has 3 atom stereocenters. The van der Waals surface area contributed by atoms with Crippen molar-refractivity contribution < 1.29 is 23.5 Å². The highest BCUT2D eigenvalue weighted by atomic mass is 19.1. The van der Waals surface area contributed by atoms with Gasteiger partial charge in [-0.1, -0.05) is 57.2 Å². The Morgan fingerprint density at radius 1 is 1.00 bits per heavy atom. The molecule has 0 spiro atoms. The van der Waals surface area contributed by atoms with E-state index >= 15 is 0 Å². The van der Waals surface area contributed by atoms with Gasteiger partial charge < -0.3 is 21.1 Å². The van der Waals surface area contributed by atoms with Gasteiger partial charge in [-0.2, -0.15) is 0 Å². The van der Waals surface area contributed by atoms with Gasteiger partial charge in [0.05, 0.1) is 11.5 Å². The predicted molar refractivity (Wildman–Crippen MR) is 181 cm³/mol. The quantitative estimate of drug-likeness (QED) is 0.184. The fourth-order valence-corrected chi connectivity index (χ4v) is 6.51. The van der Waals surface area contributed by atoms with Crippen LogP contribution in [0, 0.1) is 23.0 Å². The van der Waals surface area contributed by atoms with E-state index in [1.54, 1.807) is 35.5 Å². The van der Waals surface area contributed by atoms with Crippen LogP contribution in [0.15, 0.2) is 84.7 Å². The number of carbonyl (C=O) groups excluding carboxylic acids is 2. The summed E-state index contributed by atoms with van der Waals surface area (Å²) in [5, 5.41) is 15.2. The van der Waals surface area contributed by atoms with Crippen molar-refractivity contribution in [1.29, 1.82) is 0 Å². The van der Waals surface area contributed by atoms with Crippen molar-refractivity contribution in [3.63, 3.8) is 0 Å². The number of benzene rings is 2. The van der Waals surface area contributed by atoms with Gasteiger partial charge in [-0.25, -0.2) is 8.78 Å². The summed E-state index contributed by atoms with van der Waals surface area (Å²) < 4.78 is 28.9. The van der Waals surface area contributed by atoms with Crippen molar-refractivity contribution in [2.24, 2.45) is 17.1 Å². The van der Waals surface area contributed by atoms with Crippen molar-refractivity contribution in [3.05, 3.63) is 119 Å². The van der Waals surface area contributed by atoms with Gasteiger partial charge in [0.2, 0.25) is 11.8 Å². The van der Waals surface area contributed by atoms with Crippen molar-refractivity contribution in [1.82, 2.24) is 15.2 Å². The van der Waals surface area contributed by atoms with Crippen LogP contribution in [0.2, 0.25) is 0 Å². The van der Waals surface area contributed by atoms with Gasteiger partial charge in [-0.15, -0.1) is 0 Å². The number of pyridine rings is 1. The first-order chi connectivity index (χ1) is 22.6. The zero-order valence-corrected chi connectivity index (χ0v) is 27.5. The first-order valence-electron chi connectivity index (χ1n) is 16.4. The summed E-state index contributed by atoms with van der Waals surface area (Å²) in [7, 11) is 0. The molecule has 0 saturated carbocycles. The Morgan fingerprint density at radius 3 is 2.32 bits per heavy atom. The van der Waals surface area contributed by atoms with E-state index in [1.807, 2.05) is 38.1 Å². The van der Waals surface area contributed by atoms with Crippen molar-refractivity contribution in [2.45, 2.75) is 65.5 Å². The summed E-state index contributed by atoms with van der Waals surface area (Å²) in [6.07, 6.45) is 7.80. The molecule has 2 aromatic carbocycles. The molecule has 7 nitrogen and oxygen atoms in total. The van der Waals surface area contributed by atoms with E-state index < -0.39 is 35.0 Å².